The van der Waals surface area contributed by atoms with E-state index < -0.39 is 66.4 Å². The normalized spacial score (nSPS) is 14.5. The molecular formula is C24H37N7O9. The number of guanidine groups is 1. The zero-order valence-corrected chi connectivity index (χ0v) is 21.9. The predicted octanol–water partition coefficient (Wildman–Crippen LogP) is -2.90. The molecule has 0 heterocycles. The number of hydrogen-bond donors (Lipinski definition) is 10. The Kier molecular flexibility index (Phi) is 13.9. The fourth-order valence-electron chi connectivity index (χ4n) is 3.41. The molecule has 0 aliphatic rings. The molecule has 1 aromatic carbocycles. The van der Waals surface area contributed by atoms with Crippen LogP contribution in [-0.4, -0.2) is 92.9 Å². The summed E-state index contributed by atoms with van der Waals surface area (Å²) >= 11 is 0. The van der Waals surface area contributed by atoms with Gasteiger partial charge in [0.2, 0.25) is 17.7 Å². The topological polar surface area (TPSA) is 293 Å². The van der Waals surface area contributed by atoms with Gasteiger partial charge in [-0.3, -0.25) is 24.2 Å². The Morgan fingerprint density at radius 2 is 1.40 bits per heavy atom. The average molecular weight is 568 g/mol. The van der Waals surface area contributed by atoms with Crippen LogP contribution in [0.1, 0.15) is 38.2 Å². The first-order valence-corrected chi connectivity index (χ1v) is 12.3. The summed E-state index contributed by atoms with van der Waals surface area (Å²) in [6.45, 7) is 1.34. The van der Waals surface area contributed by atoms with Gasteiger partial charge < -0.3 is 53.6 Å². The third-order valence-corrected chi connectivity index (χ3v) is 5.67. The monoisotopic (exact) mass is 567 g/mol. The van der Waals surface area contributed by atoms with E-state index in [-0.39, 0.29) is 43.9 Å². The van der Waals surface area contributed by atoms with Crippen molar-refractivity contribution in [3.8, 4) is 5.75 Å². The zero-order valence-electron chi connectivity index (χ0n) is 21.9. The maximum atomic E-state index is 13.1. The average Bonchev–Trinajstić information content (AvgIpc) is 2.87. The van der Waals surface area contributed by atoms with Crippen LogP contribution in [0.2, 0.25) is 0 Å². The van der Waals surface area contributed by atoms with E-state index in [2.05, 4.69) is 20.9 Å². The number of nitrogens with two attached hydrogens (primary N) is 3. The van der Waals surface area contributed by atoms with E-state index in [1.807, 2.05) is 0 Å². The third kappa shape index (κ3) is 12.4. The lowest BCUT2D eigenvalue weighted by molar-refractivity contribution is -0.142. The highest BCUT2D eigenvalue weighted by Gasteiger charge is 2.31. The molecule has 0 bridgehead atoms. The molecular weight excluding hydrogens is 530 g/mol. The number of carboxylic acid groups (broad SMARTS) is 2. The Hall–Kier alpha value is -4.44. The number of carbonyl (C=O) groups is 5. The van der Waals surface area contributed by atoms with Gasteiger partial charge in [0.1, 0.15) is 29.9 Å². The SMILES string of the molecule is CC(O)C(N)C(=O)NC(CCC(=O)O)C(=O)NC(CCCN=C(N)N)C(=O)NC(Cc1ccc(O)cc1)C(=O)O. The number of aliphatic hydroxyl groups is 1. The van der Waals surface area contributed by atoms with E-state index >= 15 is 0 Å². The van der Waals surface area contributed by atoms with Gasteiger partial charge in [-0.15, -0.1) is 0 Å². The number of aliphatic imine (C=N–C) groups is 1. The Bertz CT molecular complexity index is 1060. The second kappa shape index (κ2) is 16.5. The number of rotatable bonds is 17. The number of benzene rings is 1. The fourth-order valence-corrected chi connectivity index (χ4v) is 3.41. The molecule has 0 aromatic heterocycles. The van der Waals surface area contributed by atoms with E-state index in [0.29, 0.717) is 5.56 Å². The summed E-state index contributed by atoms with van der Waals surface area (Å²) in [6.07, 6.45) is -2.14. The van der Waals surface area contributed by atoms with Gasteiger partial charge in [0, 0.05) is 19.4 Å². The number of carbonyl (C=O) groups excluding carboxylic acids is 3. The first kappa shape index (κ1) is 33.6. The fraction of sp³-hybridized carbons (Fsp3) is 0.500. The number of nitrogens with zero attached hydrogens (tertiary/aromatic N) is 1. The number of aromatic hydroxyl groups is 1. The molecule has 40 heavy (non-hydrogen) atoms. The largest absolute Gasteiger partial charge is 0.508 e. The second-order valence-electron chi connectivity index (χ2n) is 9.04. The number of aliphatic hydroxyl groups excluding tert-OH is 1. The van der Waals surface area contributed by atoms with Gasteiger partial charge in [0.25, 0.3) is 0 Å². The van der Waals surface area contributed by atoms with Crippen molar-refractivity contribution in [2.45, 2.75) is 69.3 Å². The predicted molar refractivity (Wildman–Crippen MR) is 142 cm³/mol. The number of hydrogen-bond acceptors (Lipinski definition) is 9. The van der Waals surface area contributed by atoms with Crippen LogP contribution in [0.3, 0.4) is 0 Å². The van der Waals surface area contributed by atoms with Crippen LogP contribution >= 0.6 is 0 Å². The van der Waals surface area contributed by atoms with Crippen molar-refractivity contribution < 1.29 is 44.4 Å². The van der Waals surface area contributed by atoms with Crippen molar-refractivity contribution in [2.24, 2.45) is 22.2 Å². The third-order valence-electron chi connectivity index (χ3n) is 5.67. The van der Waals surface area contributed by atoms with E-state index in [1.54, 1.807) is 0 Å². The molecule has 16 nitrogen and oxygen atoms in total. The molecule has 0 saturated heterocycles. The van der Waals surface area contributed by atoms with E-state index in [1.165, 1.54) is 31.2 Å². The summed E-state index contributed by atoms with van der Waals surface area (Å²) in [5.41, 5.74) is 16.7. The van der Waals surface area contributed by atoms with Crippen LogP contribution < -0.4 is 33.2 Å². The number of phenolic OH excluding ortho intramolecular Hbond substituents is 1. The molecule has 1 rings (SSSR count). The van der Waals surface area contributed by atoms with Crippen molar-refractivity contribution in [3.63, 3.8) is 0 Å². The molecule has 3 amide bonds. The minimum absolute atomic E-state index is 0.0258. The first-order chi connectivity index (χ1) is 18.7. The number of carboxylic acids is 2. The van der Waals surface area contributed by atoms with Gasteiger partial charge in [0.15, 0.2) is 5.96 Å². The molecule has 16 heteroatoms. The van der Waals surface area contributed by atoms with Crippen molar-refractivity contribution in [3.05, 3.63) is 29.8 Å². The van der Waals surface area contributed by atoms with Crippen LogP contribution in [0.5, 0.6) is 5.75 Å². The van der Waals surface area contributed by atoms with Crippen LogP contribution in [0, 0.1) is 0 Å². The lowest BCUT2D eigenvalue weighted by atomic mass is 10.0. The van der Waals surface area contributed by atoms with Crippen molar-refractivity contribution >= 4 is 35.6 Å². The number of aliphatic carboxylic acids is 2. The lowest BCUT2D eigenvalue weighted by Gasteiger charge is -2.25. The van der Waals surface area contributed by atoms with Crippen molar-refractivity contribution in [1.82, 2.24) is 16.0 Å². The Balaban J connectivity index is 3.12. The molecule has 0 aliphatic carbocycles. The van der Waals surface area contributed by atoms with E-state index in [4.69, 9.17) is 22.3 Å². The Morgan fingerprint density at radius 3 is 1.90 bits per heavy atom. The minimum atomic E-state index is -1.44. The molecule has 0 aliphatic heterocycles. The van der Waals surface area contributed by atoms with Crippen LogP contribution in [0.25, 0.3) is 0 Å². The molecule has 5 unspecified atom stereocenters. The number of phenols is 1. The maximum absolute atomic E-state index is 13.1. The van der Waals surface area contributed by atoms with Gasteiger partial charge in [0.05, 0.1) is 6.10 Å². The quantitative estimate of drug-likeness (QED) is 0.0515. The Morgan fingerprint density at radius 1 is 0.875 bits per heavy atom. The van der Waals surface area contributed by atoms with Gasteiger partial charge in [-0.05, 0) is 43.9 Å². The minimum Gasteiger partial charge on any atom is -0.508 e. The van der Waals surface area contributed by atoms with Crippen molar-refractivity contribution in [1.29, 1.82) is 0 Å². The first-order valence-electron chi connectivity index (χ1n) is 12.3. The highest BCUT2D eigenvalue weighted by Crippen LogP contribution is 2.12. The summed E-state index contributed by atoms with van der Waals surface area (Å²) in [5, 5.41) is 44.8. The molecule has 0 radical (unpaired) electrons. The molecule has 0 saturated carbocycles. The molecule has 5 atom stereocenters. The lowest BCUT2D eigenvalue weighted by Crippen LogP contribution is -2.58. The van der Waals surface area contributed by atoms with Crippen LogP contribution in [0.4, 0.5) is 0 Å². The smallest absolute Gasteiger partial charge is 0.326 e. The molecule has 0 fully saturated rings. The number of amides is 3. The van der Waals surface area contributed by atoms with Crippen molar-refractivity contribution in [2.75, 3.05) is 6.54 Å². The summed E-state index contributed by atoms with van der Waals surface area (Å²) in [5.74, 6) is -5.55. The van der Waals surface area contributed by atoms with Gasteiger partial charge in [-0.2, -0.15) is 0 Å². The molecule has 0 spiro atoms. The summed E-state index contributed by atoms with van der Waals surface area (Å²) in [6, 6.07) is 0.122. The summed E-state index contributed by atoms with van der Waals surface area (Å²) in [4.78, 5) is 65.3. The highest BCUT2D eigenvalue weighted by molar-refractivity contribution is 5.94. The molecule has 13 N–H and O–H groups in total. The van der Waals surface area contributed by atoms with E-state index in [9.17, 15) is 39.3 Å². The molecule has 1 aromatic rings. The maximum Gasteiger partial charge on any atom is 0.326 e. The molecule has 222 valence electrons. The standard InChI is InChI=1S/C24H37N7O9/c1-12(32)19(25)22(38)30-16(8-9-18(34)35)21(37)29-15(3-2-10-28-24(26)27)20(36)31-17(23(39)40)11-13-4-6-14(33)7-5-13/h4-7,12,15-17,19,32-33H,2-3,8-11,25H2,1H3,(H,29,37)(H,30,38)(H,31,36)(H,34,35)(H,39,40)(H4,26,27,28). The number of nitrogens with one attached hydrogen (secondary N) is 3. The van der Waals surface area contributed by atoms with Gasteiger partial charge in [-0.25, -0.2) is 4.79 Å². The highest BCUT2D eigenvalue weighted by atomic mass is 16.4. The second-order valence-corrected chi connectivity index (χ2v) is 9.04. The Labute approximate surface area is 230 Å². The summed E-state index contributed by atoms with van der Waals surface area (Å²) < 4.78 is 0. The zero-order chi connectivity index (χ0) is 30.4. The van der Waals surface area contributed by atoms with Crippen LogP contribution in [-0.2, 0) is 30.4 Å². The van der Waals surface area contributed by atoms with Crippen LogP contribution in [0.15, 0.2) is 29.3 Å². The van der Waals surface area contributed by atoms with E-state index in [0.717, 1.165) is 0 Å². The van der Waals surface area contributed by atoms with Gasteiger partial charge in [-0.1, -0.05) is 12.1 Å². The van der Waals surface area contributed by atoms with Gasteiger partial charge >= 0.3 is 11.9 Å². The summed E-state index contributed by atoms with van der Waals surface area (Å²) in [7, 11) is 0.